The molecule has 6 aromatic carbocycles. The van der Waals surface area contributed by atoms with Gasteiger partial charge in [-0.2, -0.15) is 10.5 Å². The summed E-state index contributed by atoms with van der Waals surface area (Å²) in [6, 6.07) is 45.6. The monoisotopic (exact) mass is 548 g/mol. The van der Waals surface area contributed by atoms with Crippen molar-refractivity contribution in [3.8, 4) is 23.5 Å². The number of para-hydroxylation sites is 2. The van der Waals surface area contributed by atoms with E-state index in [0.717, 1.165) is 66.2 Å². The van der Waals surface area contributed by atoms with Gasteiger partial charge in [-0.25, -0.2) is 0 Å². The Bertz CT molecular complexity index is 2630. The minimum Gasteiger partial charge on any atom is -0.456 e. The summed E-state index contributed by atoms with van der Waals surface area (Å²) in [5, 5.41) is 25.7. The molecule has 0 unspecified atom stereocenters. The highest BCUT2D eigenvalue weighted by Gasteiger charge is 2.18. The lowest BCUT2D eigenvalue weighted by molar-refractivity contribution is 0.669. The zero-order valence-corrected chi connectivity index (χ0v) is 22.7. The van der Waals surface area contributed by atoms with E-state index in [1.54, 1.807) is 0 Å². The molecule has 198 valence electrons. The largest absolute Gasteiger partial charge is 0.456 e. The highest BCUT2D eigenvalue weighted by Crippen LogP contribution is 2.39. The molecule has 0 spiro atoms. The van der Waals surface area contributed by atoms with E-state index in [1.807, 2.05) is 54.6 Å². The van der Waals surface area contributed by atoms with Gasteiger partial charge in [0, 0.05) is 49.8 Å². The highest BCUT2D eigenvalue weighted by atomic mass is 16.3. The van der Waals surface area contributed by atoms with Crippen LogP contribution in [0.25, 0.3) is 76.9 Å². The minimum absolute atomic E-state index is 0.588. The Morgan fingerprint density at radius 1 is 0.419 bits per heavy atom. The van der Waals surface area contributed by atoms with Crippen LogP contribution < -0.4 is 0 Å². The average molecular weight is 549 g/mol. The van der Waals surface area contributed by atoms with Crippen LogP contribution >= 0.6 is 0 Å². The summed E-state index contributed by atoms with van der Waals surface area (Å²) >= 11 is 0. The number of hydrogen-bond donors (Lipinski definition) is 0. The lowest BCUT2D eigenvalue weighted by Crippen LogP contribution is -1.98. The summed E-state index contributed by atoms with van der Waals surface area (Å²) < 4.78 is 10.8. The summed E-state index contributed by atoms with van der Waals surface area (Å²) in [7, 11) is 0. The molecule has 43 heavy (non-hydrogen) atoms. The van der Waals surface area contributed by atoms with Crippen molar-refractivity contribution >= 4 is 65.6 Å². The SMILES string of the molecule is N#Cc1ccc2c(c1)c1cc(C#N)ccc1n2-c1cccc(-n2c3ccccc3c3cc4c(cc32)oc2ccccc24)c1. The zero-order valence-electron chi connectivity index (χ0n) is 22.7. The van der Waals surface area contributed by atoms with E-state index in [4.69, 9.17) is 4.42 Å². The Morgan fingerprint density at radius 3 is 1.70 bits per heavy atom. The summed E-state index contributed by atoms with van der Waals surface area (Å²) in [5.41, 5.74) is 9.08. The molecule has 5 heteroatoms. The number of nitriles is 2. The fourth-order valence-corrected chi connectivity index (χ4v) is 6.68. The predicted octanol–water partition coefficient (Wildman–Crippen LogP) is 9.52. The fourth-order valence-electron chi connectivity index (χ4n) is 6.68. The maximum Gasteiger partial charge on any atom is 0.137 e. The van der Waals surface area contributed by atoms with E-state index < -0.39 is 0 Å². The van der Waals surface area contributed by atoms with Gasteiger partial charge in [0.25, 0.3) is 0 Å². The van der Waals surface area contributed by atoms with Crippen LogP contribution in [-0.2, 0) is 0 Å². The number of benzene rings is 6. The van der Waals surface area contributed by atoms with Gasteiger partial charge in [0.1, 0.15) is 11.2 Å². The van der Waals surface area contributed by atoms with Crippen LogP contribution in [0.15, 0.2) is 126 Å². The van der Waals surface area contributed by atoms with Gasteiger partial charge in [-0.3, -0.25) is 0 Å². The van der Waals surface area contributed by atoms with Crippen molar-refractivity contribution < 1.29 is 4.42 Å². The molecule has 9 rings (SSSR count). The first-order chi connectivity index (χ1) is 21.2. The third-order valence-corrected chi connectivity index (χ3v) is 8.54. The van der Waals surface area contributed by atoms with Gasteiger partial charge < -0.3 is 13.6 Å². The minimum atomic E-state index is 0.588. The molecule has 3 heterocycles. The first-order valence-electron chi connectivity index (χ1n) is 14.1. The Labute approximate surface area is 245 Å². The molecule has 0 saturated carbocycles. The number of furan rings is 1. The van der Waals surface area contributed by atoms with Crippen LogP contribution in [0.2, 0.25) is 0 Å². The van der Waals surface area contributed by atoms with Crippen LogP contribution in [0.3, 0.4) is 0 Å². The van der Waals surface area contributed by atoms with Crippen molar-refractivity contribution in [1.29, 1.82) is 10.5 Å². The molecule has 0 N–H and O–H groups in total. The van der Waals surface area contributed by atoms with Gasteiger partial charge in [0.2, 0.25) is 0 Å². The van der Waals surface area contributed by atoms with Crippen molar-refractivity contribution in [2.45, 2.75) is 0 Å². The molecule has 0 fully saturated rings. The van der Waals surface area contributed by atoms with Crippen LogP contribution in [0, 0.1) is 22.7 Å². The van der Waals surface area contributed by atoms with Crippen molar-refractivity contribution in [2.75, 3.05) is 0 Å². The molecule has 0 atom stereocenters. The molecule has 9 aromatic rings. The molecule has 0 aliphatic heterocycles. The predicted molar refractivity (Wildman–Crippen MR) is 172 cm³/mol. The topological polar surface area (TPSA) is 70.6 Å². The maximum atomic E-state index is 9.60. The summed E-state index contributed by atoms with van der Waals surface area (Å²) in [5.74, 6) is 0. The van der Waals surface area contributed by atoms with Gasteiger partial charge in [0.05, 0.1) is 45.3 Å². The van der Waals surface area contributed by atoms with E-state index >= 15 is 0 Å². The van der Waals surface area contributed by atoms with E-state index in [9.17, 15) is 10.5 Å². The van der Waals surface area contributed by atoms with Crippen molar-refractivity contribution in [3.05, 3.63) is 132 Å². The second-order valence-corrected chi connectivity index (χ2v) is 10.9. The number of nitrogens with zero attached hydrogens (tertiary/aromatic N) is 4. The van der Waals surface area contributed by atoms with Crippen LogP contribution in [-0.4, -0.2) is 9.13 Å². The Morgan fingerprint density at radius 2 is 1.00 bits per heavy atom. The normalized spacial score (nSPS) is 11.7. The van der Waals surface area contributed by atoms with Crippen molar-refractivity contribution in [2.24, 2.45) is 0 Å². The number of fused-ring (bicyclic) bond motifs is 9. The fraction of sp³-hybridized carbons (Fsp3) is 0. The number of rotatable bonds is 2. The third-order valence-electron chi connectivity index (χ3n) is 8.54. The second-order valence-electron chi connectivity index (χ2n) is 10.9. The Balaban J connectivity index is 1.34. The van der Waals surface area contributed by atoms with E-state index in [1.165, 1.54) is 10.8 Å². The summed E-state index contributed by atoms with van der Waals surface area (Å²) in [6.45, 7) is 0. The van der Waals surface area contributed by atoms with Crippen LogP contribution in [0.5, 0.6) is 0 Å². The lowest BCUT2D eigenvalue weighted by atomic mass is 10.1. The lowest BCUT2D eigenvalue weighted by Gasteiger charge is -2.13. The standard InChI is InChI=1S/C38H20N4O/c39-21-23-12-14-34-29(16-23)30-17-24(22-40)13-15-35(30)41(34)25-6-5-7-26(18-25)42-33-10-3-1-8-27(33)31-19-32-28-9-2-4-11-37(28)43-38(32)20-36(31)42/h1-20H. The number of aromatic nitrogens is 2. The van der Waals surface area contributed by atoms with E-state index in [0.29, 0.717) is 11.1 Å². The van der Waals surface area contributed by atoms with E-state index in [2.05, 4.69) is 88.0 Å². The molecule has 0 radical (unpaired) electrons. The molecule has 0 bridgehead atoms. The smallest absolute Gasteiger partial charge is 0.137 e. The summed E-state index contributed by atoms with van der Waals surface area (Å²) in [6.07, 6.45) is 0. The van der Waals surface area contributed by atoms with Gasteiger partial charge in [-0.1, -0.05) is 42.5 Å². The van der Waals surface area contributed by atoms with Gasteiger partial charge in [-0.05, 0) is 72.8 Å². The molecular weight excluding hydrogens is 528 g/mol. The van der Waals surface area contributed by atoms with Crippen LogP contribution in [0.4, 0.5) is 0 Å². The van der Waals surface area contributed by atoms with E-state index in [-0.39, 0.29) is 0 Å². The Hall–Kier alpha value is -6.30. The quantitative estimate of drug-likeness (QED) is 0.216. The van der Waals surface area contributed by atoms with Crippen molar-refractivity contribution in [3.63, 3.8) is 0 Å². The van der Waals surface area contributed by atoms with Crippen LogP contribution in [0.1, 0.15) is 11.1 Å². The van der Waals surface area contributed by atoms with Crippen molar-refractivity contribution in [1.82, 2.24) is 9.13 Å². The molecule has 3 aromatic heterocycles. The first kappa shape index (κ1) is 23.4. The number of hydrogen-bond acceptors (Lipinski definition) is 3. The molecular formula is C38H20N4O. The highest BCUT2D eigenvalue weighted by molar-refractivity contribution is 6.17. The second kappa shape index (κ2) is 8.60. The van der Waals surface area contributed by atoms with Gasteiger partial charge >= 0.3 is 0 Å². The molecule has 0 aliphatic carbocycles. The zero-order chi connectivity index (χ0) is 28.7. The maximum absolute atomic E-state index is 9.60. The molecule has 0 saturated heterocycles. The molecule has 0 aliphatic rings. The van der Waals surface area contributed by atoms with Gasteiger partial charge in [-0.15, -0.1) is 0 Å². The average Bonchev–Trinajstić information content (AvgIpc) is 3.70. The Kier molecular flexibility index (Phi) is 4.68. The molecule has 5 nitrogen and oxygen atoms in total. The first-order valence-corrected chi connectivity index (χ1v) is 14.1. The summed E-state index contributed by atoms with van der Waals surface area (Å²) in [4.78, 5) is 0. The third kappa shape index (κ3) is 3.25. The molecule has 0 amide bonds. The van der Waals surface area contributed by atoms with Gasteiger partial charge in [0.15, 0.2) is 0 Å².